The summed E-state index contributed by atoms with van der Waals surface area (Å²) < 4.78 is 21.5. The number of piperidine rings is 1. The zero-order chi connectivity index (χ0) is 23.5. The van der Waals surface area contributed by atoms with Crippen molar-refractivity contribution >= 4 is 40.5 Å². The van der Waals surface area contributed by atoms with E-state index < -0.39 is 5.41 Å². The number of rotatable bonds is 6. The molecule has 0 bridgehead atoms. The molecule has 0 saturated carbocycles. The monoisotopic (exact) mass is 498 g/mol. The minimum Gasteiger partial charge on any atom is -0.404 e. The van der Waals surface area contributed by atoms with E-state index in [9.17, 15) is 9.18 Å². The van der Waals surface area contributed by atoms with Crippen LogP contribution < -0.4 is 5.73 Å². The summed E-state index contributed by atoms with van der Waals surface area (Å²) in [5.41, 5.74) is 8.58. The average molecular weight is 499 g/mol. The van der Waals surface area contributed by atoms with Gasteiger partial charge in [0.2, 0.25) is 5.78 Å². The molecule has 0 amide bonds. The van der Waals surface area contributed by atoms with Gasteiger partial charge in [-0.2, -0.15) is 0 Å². The molecular formula is C25H27FN4O2S2. The average Bonchev–Trinajstić information content (AvgIpc) is 3.58. The minimum atomic E-state index is -0.730. The first-order valence-electron chi connectivity index (χ1n) is 11.5. The number of ketones is 1. The first kappa shape index (κ1) is 23.4. The smallest absolute Gasteiger partial charge is 0.203 e. The van der Waals surface area contributed by atoms with Crippen molar-refractivity contribution in [3.05, 3.63) is 70.1 Å². The first-order chi connectivity index (χ1) is 16.6. The number of ether oxygens (including phenoxy) is 1. The lowest BCUT2D eigenvalue weighted by molar-refractivity contribution is 0.0780. The number of nitrogens with two attached hydrogens (primary N) is 1. The fourth-order valence-corrected chi connectivity index (χ4v) is 6.68. The summed E-state index contributed by atoms with van der Waals surface area (Å²) in [6, 6.07) is 6.06. The Labute approximate surface area is 206 Å². The largest absolute Gasteiger partial charge is 0.404 e. The first-order valence-corrected chi connectivity index (χ1v) is 13.3. The van der Waals surface area contributed by atoms with Crippen LogP contribution in [0, 0.1) is 11.2 Å². The Bertz CT molecular complexity index is 1120. The van der Waals surface area contributed by atoms with Gasteiger partial charge in [-0.05, 0) is 67.8 Å². The number of allylic oxidation sites excluding steroid dienone is 2. The van der Waals surface area contributed by atoms with Gasteiger partial charge in [-0.1, -0.05) is 17.5 Å². The molecule has 6 nitrogen and oxygen atoms in total. The van der Waals surface area contributed by atoms with E-state index in [-0.39, 0.29) is 17.7 Å². The lowest BCUT2D eigenvalue weighted by Crippen LogP contribution is -2.49. The predicted octanol–water partition coefficient (Wildman–Crippen LogP) is 4.93. The molecule has 1 aliphatic carbocycles. The van der Waals surface area contributed by atoms with E-state index in [2.05, 4.69) is 9.29 Å². The number of hydrogen-bond acceptors (Lipinski definition) is 8. The molecular weight excluding hydrogens is 471 g/mol. The van der Waals surface area contributed by atoms with E-state index >= 15 is 0 Å². The summed E-state index contributed by atoms with van der Waals surface area (Å²) in [4.78, 5) is 22.9. The molecule has 2 saturated heterocycles. The fourth-order valence-electron chi connectivity index (χ4n) is 4.84. The van der Waals surface area contributed by atoms with Crippen molar-refractivity contribution in [2.45, 2.75) is 31.8 Å². The van der Waals surface area contributed by atoms with Gasteiger partial charge in [0.15, 0.2) is 5.01 Å². The van der Waals surface area contributed by atoms with Gasteiger partial charge in [0.1, 0.15) is 5.82 Å². The fraction of sp³-hybridized carbons (Fsp3) is 0.400. The maximum Gasteiger partial charge on any atom is 0.203 e. The third-order valence-corrected chi connectivity index (χ3v) is 8.60. The highest BCUT2D eigenvalue weighted by Crippen LogP contribution is 2.48. The van der Waals surface area contributed by atoms with E-state index in [0.717, 1.165) is 55.0 Å². The maximum absolute atomic E-state index is 13.9. The third kappa shape index (κ3) is 4.75. The molecule has 2 N–H and O–H groups in total. The number of carbonyl (C=O) groups excluding carboxylic acids is 1. The van der Waals surface area contributed by atoms with Crippen LogP contribution in [0.25, 0.3) is 0 Å². The number of carbonyl (C=O) groups is 1. The van der Waals surface area contributed by atoms with Crippen molar-refractivity contribution in [1.82, 2.24) is 9.29 Å². The van der Waals surface area contributed by atoms with Crippen molar-refractivity contribution in [2.75, 3.05) is 25.4 Å². The molecule has 2 aliphatic heterocycles. The Morgan fingerprint density at radius 3 is 2.97 bits per heavy atom. The van der Waals surface area contributed by atoms with Gasteiger partial charge in [-0.15, -0.1) is 11.3 Å². The molecule has 178 valence electrons. The van der Waals surface area contributed by atoms with Gasteiger partial charge in [-0.3, -0.25) is 4.79 Å². The van der Waals surface area contributed by atoms with Gasteiger partial charge in [0.25, 0.3) is 0 Å². The summed E-state index contributed by atoms with van der Waals surface area (Å²) in [6.07, 6.45) is 8.95. The molecule has 3 aliphatic rings. The van der Waals surface area contributed by atoms with Gasteiger partial charge in [-0.25, -0.2) is 18.7 Å². The zero-order valence-electron chi connectivity index (χ0n) is 18.8. The molecule has 1 aromatic carbocycles. The summed E-state index contributed by atoms with van der Waals surface area (Å²) in [5, 5.41) is 2.36. The Morgan fingerprint density at radius 1 is 1.41 bits per heavy atom. The molecule has 5 rings (SSSR count). The zero-order valence-corrected chi connectivity index (χ0v) is 20.4. The molecule has 3 heterocycles. The number of aromatic nitrogens is 1. The molecule has 2 atom stereocenters. The Hall–Kier alpha value is -2.33. The quantitative estimate of drug-likeness (QED) is 0.449. The lowest BCUT2D eigenvalue weighted by atomic mass is 9.65. The number of thiazole rings is 1. The number of halogens is 1. The van der Waals surface area contributed by atoms with Crippen LogP contribution in [0.3, 0.4) is 0 Å². The number of hydrogen-bond donors (Lipinski definition) is 1. The van der Waals surface area contributed by atoms with E-state index in [1.807, 2.05) is 11.5 Å². The number of fused-ring (bicyclic) bond motifs is 1. The second kappa shape index (κ2) is 10.1. The minimum absolute atomic E-state index is 0.0383. The number of Topliss-reactive ketones (excluding diaryl/α,β-unsaturated/α-hetero) is 1. The molecule has 2 aromatic rings. The van der Waals surface area contributed by atoms with Crippen LogP contribution in [0.4, 0.5) is 10.1 Å². The van der Waals surface area contributed by atoms with Gasteiger partial charge in [0, 0.05) is 37.0 Å². The highest BCUT2D eigenvalue weighted by Gasteiger charge is 2.50. The Kier molecular flexibility index (Phi) is 6.96. The van der Waals surface area contributed by atoms with Gasteiger partial charge in [0.05, 0.1) is 22.9 Å². The Morgan fingerprint density at radius 2 is 2.26 bits per heavy atom. The molecule has 0 spiro atoms. The van der Waals surface area contributed by atoms with E-state index in [1.165, 1.54) is 23.5 Å². The van der Waals surface area contributed by atoms with Crippen molar-refractivity contribution in [1.29, 1.82) is 0 Å². The second-order valence-electron chi connectivity index (χ2n) is 8.80. The molecule has 2 unspecified atom stereocenters. The topological polar surface area (TPSA) is 80.8 Å². The van der Waals surface area contributed by atoms with Crippen LogP contribution in [0.5, 0.6) is 0 Å². The maximum atomic E-state index is 13.9. The van der Waals surface area contributed by atoms with Crippen LogP contribution >= 0.6 is 23.3 Å². The Balaban J connectivity index is 1.48. The molecule has 0 radical (unpaired) electrons. The standard InChI is InChI=1S/C25H27FN4O2S2/c26-19-3-5-20(6-4-19)29-22-12-18-7-9-30(34-15-21-2-1-10-32-21)16-25(18,13-17(22)14-27)23(31)24-28-8-11-33-24/h3-6,8,11-12,14,21H,1-2,7,9-10,13,15-16,27H2. The summed E-state index contributed by atoms with van der Waals surface area (Å²) in [6.45, 7) is 2.28. The summed E-state index contributed by atoms with van der Waals surface area (Å²) >= 11 is 3.15. The van der Waals surface area contributed by atoms with Gasteiger partial charge >= 0.3 is 0 Å². The summed E-state index contributed by atoms with van der Waals surface area (Å²) in [5.74, 6) is 0.634. The lowest BCUT2D eigenvalue weighted by Gasteiger charge is -2.45. The van der Waals surface area contributed by atoms with Crippen LogP contribution in [-0.4, -0.2) is 52.3 Å². The second-order valence-corrected chi connectivity index (χ2v) is 10.8. The van der Waals surface area contributed by atoms with Gasteiger partial charge < -0.3 is 10.5 Å². The van der Waals surface area contributed by atoms with Crippen molar-refractivity contribution < 1.29 is 13.9 Å². The van der Waals surface area contributed by atoms with Crippen molar-refractivity contribution in [3.8, 4) is 0 Å². The number of aliphatic imine (C=N–C) groups is 1. The van der Waals surface area contributed by atoms with E-state index in [1.54, 1.807) is 36.5 Å². The summed E-state index contributed by atoms with van der Waals surface area (Å²) in [7, 11) is 0. The highest BCUT2D eigenvalue weighted by atomic mass is 32.2. The van der Waals surface area contributed by atoms with Crippen molar-refractivity contribution in [2.24, 2.45) is 16.1 Å². The van der Waals surface area contributed by atoms with Crippen LogP contribution in [-0.2, 0) is 4.74 Å². The third-order valence-electron chi connectivity index (χ3n) is 6.63. The predicted molar refractivity (Wildman–Crippen MR) is 135 cm³/mol. The van der Waals surface area contributed by atoms with Crippen LogP contribution in [0.15, 0.2) is 64.3 Å². The van der Waals surface area contributed by atoms with E-state index in [4.69, 9.17) is 15.5 Å². The highest BCUT2D eigenvalue weighted by molar-refractivity contribution is 7.97. The number of nitrogens with zero attached hydrogens (tertiary/aromatic N) is 3. The number of benzene rings is 1. The molecule has 2 fully saturated rings. The van der Waals surface area contributed by atoms with Crippen molar-refractivity contribution in [3.63, 3.8) is 0 Å². The van der Waals surface area contributed by atoms with Crippen LogP contribution in [0.1, 0.15) is 35.5 Å². The molecule has 34 heavy (non-hydrogen) atoms. The SMILES string of the molecule is NC=C1CC2(C(=O)c3nccs3)CN(SCC3CCCO3)CCC2=CC1=Nc1ccc(F)cc1. The normalized spacial score (nSPS) is 27.7. The van der Waals surface area contributed by atoms with Crippen LogP contribution in [0.2, 0.25) is 0 Å². The molecule has 9 heteroatoms. The molecule has 1 aromatic heterocycles. The van der Waals surface area contributed by atoms with E-state index in [0.29, 0.717) is 23.7 Å².